The monoisotopic (exact) mass is 355 g/mol. The molecule has 118 valence electrons. The fraction of sp³-hybridized carbons (Fsp3) is 0. The molecule has 4 aromatic rings. The van der Waals surface area contributed by atoms with E-state index in [0.29, 0.717) is 21.7 Å². The zero-order valence-corrected chi connectivity index (χ0v) is 13.8. The summed E-state index contributed by atoms with van der Waals surface area (Å²) in [5.41, 5.74) is 3.38. The number of hydrogen-bond donors (Lipinski definition) is 2. The normalized spacial score (nSPS) is 10.9. The summed E-state index contributed by atoms with van der Waals surface area (Å²) in [7, 11) is 0. The van der Waals surface area contributed by atoms with E-state index in [2.05, 4.69) is 25.3 Å². The van der Waals surface area contributed by atoms with E-state index in [9.17, 15) is 0 Å². The summed E-state index contributed by atoms with van der Waals surface area (Å²) in [6.45, 7) is 0. The number of rotatable bonds is 3. The molecule has 0 unspecified atom stereocenters. The van der Waals surface area contributed by atoms with Gasteiger partial charge in [-0.2, -0.15) is 0 Å². The molecule has 0 amide bonds. The van der Waals surface area contributed by atoms with Crippen LogP contribution in [0.1, 0.15) is 0 Å². The highest BCUT2D eigenvalue weighted by Gasteiger charge is 2.09. The van der Waals surface area contributed by atoms with Gasteiger partial charge < -0.3 is 10.3 Å². The summed E-state index contributed by atoms with van der Waals surface area (Å²) < 4.78 is 0. The van der Waals surface area contributed by atoms with E-state index in [1.807, 2.05) is 24.3 Å². The van der Waals surface area contributed by atoms with Gasteiger partial charge in [0, 0.05) is 28.7 Å². The number of fused-ring (bicyclic) bond motifs is 1. The highest BCUT2D eigenvalue weighted by Crippen LogP contribution is 2.28. The standard InChI is InChI=1S/C17H11Cl2N5/c18-11-1-3-12(4-2-11)22-17-13(19)7-10(8-21-17)16-23-14-5-6-20-9-15(14)24-16/h1-9H,(H,21,22)(H,23,24). The van der Waals surface area contributed by atoms with Gasteiger partial charge in [0.1, 0.15) is 11.6 Å². The summed E-state index contributed by atoms with van der Waals surface area (Å²) in [5.74, 6) is 1.27. The van der Waals surface area contributed by atoms with Crippen molar-refractivity contribution in [3.8, 4) is 11.4 Å². The van der Waals surface area contributed by atoms with Crippen LogP contribution in [0.3, 0.4) is 0 Å². The first-order chi connectivity index (χ1) is 11.7. The number of halogens is 2. The molecular formula is C17H11Cl2N5. The Morgan fingerprint density at radius 1 is 1.00 bits per heavy atom. The molecule has 0 aliphatic heterocycles. The first kappa shape index (κ1) is 14.9. The minimum absolute atomic E-state index is 0.501. The van der Waals surface area contributed by atoms with E-state index in [4.69, 9.17) is 23.2 Å². The third-order valence-electron chi connectivity index (χ3n) is 3.50. The van der Waals surface area contributed by atoms with Crippen molar-refractivity contribution in [3.05, 3.63) is 65.0 Å². The lowest BCUT2D eigenvalue weighted by Crippen LogP contribution is -1.95. The van der Waals surface area contributed by atoms with Gasteiger partial charge >= 0.3 is 0 Å². The lowest BCUT2D eigenvalue weighted by molar-refractivity contribution is 1.27. The summed E-state index contributed by atoms with van der Waals surface area (Å²) >= 11 is 12.2. The predicted molar refractivity (Wildman–Crippen MR) is 96.9 cm³/mol. The third kappa shape index (κ3) is 2.91. The molecule has 0 aliphatic carbocycles. The topological polar surface area (TPSA) is 66.5 Å². The Morgan fingerprint density at radius 3 is 2.58 bits per heavy atom. The first-order valence-electron chi connectivity index (χ1n) is 7.17. The minimum Gasteiger partial charge on any atom is -0.339 e. The molecule has 3 heterocycles. The summed E-state index contributed by atoms with van der Waals surface area (Å²) in [5, 5.41) is 4.34. The summed E-state index contributed by atoms with van der Waals surface area (Å²) in [6.07, 6.45) is 5.16. The average molecular weight is 356 g/mol. The smallest absolute Gasteiger partial charge is 0.149 e. The zero-order chi connectivity index (χ0) is 16.5. The van der Waals surface area contributed by atoms with Crippen LogP contribution in [-0.2, 0) is 0 Å². The lowest BCUT2D eigenvalue weighted by Gasteiger charge is -2.08. The number of pyridine rings is 2. The predicted octanol–water partition coefficient (Wildman–Crippen LogP) is 5.07. The van der Waals surface area contributed by atoms with E-state index in [1.54, 1.807) is 30.7 Å². The number of aromatic amines is 1. The van der Waals surface area contributed by atoms with E-state index in [1.165, 1.54) is 0 Å². The summed E-state index contributed by atoms with van der Waals surface area (Å²) in [4.78, 5) is 16.2. The van der Waals surface area contributed by atoms with Crippen LogP contribution in [0.15, 0.2) is 55.0 Å². The quantitative estimate of drug-likeness (QED) is 0.538. The van der Waals surface area contributed by atoms with E-state index in [-0.39, 0.29) is 0 Å². The minimum atomic E-state index is 0.501. The van der Waals surface area contributed by atoms with Gasteiger partial charge in [-0.15, -0.1) is 0 Å². The number of hydrogen-bond acceptors (Lipinski definition) is 4. The van der Waals surface area contributed by atoms with Crippen molar-refractivity contribution in [2.24, 2.45) is 0 Å². The molecule has 0 atom stereocenters. The van der Waals surface area contributed by atoms with Crippen molar-refractivity contribution in [3.63, 3.8) is 0 Å². The van der Waals surface area contributed by atoms with Gasteiger partial charge in [0.25, 0.3) is 0 Å². The Labute approximate surface area is 147 Å². The molecule has 0 fully saturated rings. The second-order valence-electron chi connectivity index (χ2n) is 5.16. The number of nitrogens with one attached hydrogen (secondary N) is 2. The van der Waals surface area contributed by atoms with E-state index in [0.717, 1.165) is 22.3 Å². The SMILES string of the molecule is Clc1ccc(Nc2ncc(-c3nc4ccncc4[nH]3)cc2Cl)cc1. The van der Waals surface area contributed by atoms with Gasteiger partial charge in [0.05, 0.1) is 22.3 Å². The highest BCUT2D eigenvalue weighted by atomic mass is 35.5. The molecule has 5 nitrogen and oxygen atoms in total. The molecule has 1 aromatic carbocycles. The Bertz CT molecular complexity index is 978. The average Bonchev–Trinajstić information content (AvgIpc) is 3.03. The van der Waals surface area contributed by atoms with Crippen LogP contribution in [0.5, 0.6) is 0 Å². The van der Waals surface area contributed by atoms with Crippen LogP contribution >= 0.6 is 23.2 Å². The first-order valence-corrected chi connectivity index (χ1v) is 7.93. The van der Waals surface area contributed by atoms with Crippen LogP contribution in [0.2, 0.25) is 10.0 Å². The van der Waals surface area contributed by atoms with Crippen LogP contribution in [0.25, 0.3) is 22.4 Å². The van der Waals surface area contributed by atoms with Gasteiger partial charge in [-0.3, -0.25) is 4.98 Å². The van der Waals surface area contributed by atoms with E-state index >= 15 is 0 Å². The third-order valence-corrected chi connectivity index (χ3v) is 4.05. The second-order valence-corrected chi connectivity index (χ2v) is 6.01. The summed E-state index contributed by atoms with van der Waals surface area (Å²) in [6, 6.07) is 11.0. The number of benzene rings is 1. The van der Waals surface area contributed by atoms with Crippen molar-refractivity contribution in [1.29, 1.82) is 0 Å². The van der Waals surface area contributed by atoms with Gasteiger partial charge in [0.2, 0.25) is 0 Å². The zero-order valence-electron chi connectivity index (χ0n) is 12.3. The lowest BCUT2D eigenvalue weighted by atomic mass is 10.2. The van der Waals surface area contributed by atoms with Crippen molar-refractivity contribution >= 4 is 45.7 Å². The fourth-order valence-electron chi connectivity index (χ4n) is 2.32. The largest absolute Gasteiger partial charge is 0.339 e. The molecule has 24 heavy (non-hydrogen) atoms. The van der Waals surface area contributed by atoms with Gasteiger partial charge in [-0.25, -0.2) is 9.97 Å². The molecule has 0 saturated heterocycles. The maximum atomic E-state index is 6.35. The van der Waals surface area contributed by atoms with Crippen LogP contribution in [0, 0.1) is 0 Å². The Morgan fingerprint density at radius 2 is 1.83 bits per heavy atom. The number of aromatic nitrogens is 4. The highest BCUT2D eigenvalue weighted by molar-refractivity contribution is 6.33. The van der Waals surface area contributed by atoms with Crippen molar-refractivity contribution in [2.45, 2.75) is 0 Å². The molecule has 0 saturated carbocycles. The van der Waals surface area contributed by atoms with Crippen LogP contribution in [-0.4, -0.2) is 19.9 Å². The number of nitrogens with zero attached hydrogens (tertiary/aromatic N) is 3. The van der Waals surface area contributed by atoms with Crippen molar-refractivity contribution < 1.29 is 0 Å². The van der Waals surface area contributed by atoms with Gasteiger partial charge in [-0.05, 0) is 36.4 Å². The molecule has 3 aromatic heterocycles. The number of anilines is 2. The van der Waals surface area contributed by atoms with Crippen LogP contribution in [0.4, 0.5) is 11.5 Å². The molecule has 0 radical (unpaired) electrons. The van der Waals surface area contributed by atoms with Gasteiger partial charge in [-0.1, -0.05) is 23.2 Å². The maximum Gasteiger partial charge on any atom is 0.149 e. The molecule has 2 N–H and O–H groups in total. The number of H-pyrrole nitrogens is 1. The molecule has 7 heteroatoms. The fourth-order valence-corrected chi connectivity index (χ4v) is 2.66. The van der Waals surface area contributed by atoms with Gasteiger partial charge in [0.15, 0.2) is 0 Å². The Hall–Kier alpha value is -2.63. The molecular weight excluding hydrogens is 345 g/mol. The maximum absolute atomic E-state index is 6.35. The molecule has 0 spiro atoms. The van der Waals surface area contributed by atoms with Crippen LogP contribution < -0.4 is 5.32 Å². The van der Waals surface area contributed by atoms with E-state index < -0.39 is 0 Å². The Kier molecular flexibility index (Phi) is 3.80. The second kappa shape index (κ2) is 6.11. The van der Waals surface area contributed by atoms with Crippen molar-refractivity contribution in [1.82, 2.24) is 19.9 Å². The number of imidazole rings is 1. The van der Waals surface area contributed by atoms with Crippen molar-refractivity contribution in [2.75, 3.05) is 5.32 Å². The molecule has 0 aliphatic rings. The molecule has 4 rings (SSSR count). The Balaban J connectivity index is 1.64. The molecule has 0 bridgehead atoms.